The van der Waals surface area contributed by atoms with Crippen LogP contribution in [0.3, 0.4) is 0 Å². The first-order valence-electron chi connectivity index (χ1n) is 7.75. The molecule has 10 heteroatoms. The molecule has 7 nitrogen and oxygen atoms in total. The van der Waals surface area contributed by atoms with Crippen LogP contribution in [0.4, 0.5) is 11.6 Å². The minimum atomic E-state index is -4.07. The number of carbonyl (C=O) groups excluding carboxylic acids is 1. The van der Waals surface area contributed by atoms with Gasteiger partial charge in [0.15, 0.2) is 0 Å². The molecule has 0 atom stereocenters. The van der Waals surface area contributed by atoms with Crippen molar-refractivity contribution in [1.29, 1.82) is 0 Å². The monoisotopic (exact) mass is 425 g/mol. The number of amides is 1. The highest BCUT2D eigenvalue weighted by Crippen LogP contribution is 2.38. The molecule has 1 amide bonds. The summed E-state index contributed by atoms with van der Waals surface area (Å²) < 4.78 is 29.0. The minimum absolute atomic E-state index is 0.0154. The first-order valence-corrected chi connectivity index (χ1v) is 10.6. The predicted molar refractivity (Wildman–Crippen MR) is 104 cm³/mol. The number of sulfonamides is 1. The lowest BCUT2D eigenvalue weighted by Gasteiger charge is -2.22. The number of benzene rings is 1. The molecule has 0 saturated heterocycles. The van der Waals surface area contributed by atoms with Gasteiger partial charge in [0.25, 0.3) is 11.8 Å². The molecular formula is C17H16ClN3O4S2. The number of hydrogen-bond acceptors (Lipinski definition) is 6. The number of thiophene rings is 1. The highest BCUT2D eigenvalue weighted by atomic mass is 35.5. The number of aromatic nitrogens is 1. The van der Waals surface area contributed by atoms with Crippen molar-refractivity contribution in [2.75, 3.05) is 4.90 Å². The fourth-order valence-electron chi connectivity index (χ4n) is 2.54. The minimum Gasteiger partial charge on any atom is -0.336 e. The molecule has 0 aliphatic carbocycles. The lowest BCUT2D eigenvalue weighted by atomic mass is 10.1. The number of halogens is 1. The SMILES string of the molecule is Cc1ccc(C)c(N(C(=O)c2sccc2S(N)(=O)=O)c2onc(C)c2Cl)c1. The summed E-state index contributed by atoms with van der Waals surface area (Å²) in [4.78, 5) is 14.3. The molecule has 2 aromatic heterocycles. The fourth-order valence-corrected chi connectivity index (χ4v) is 4.59. The van der Waals surface area contributed by atoms with Crippen LogP contribution in [-0.2, 0) is 10.0 Å². The molecule has 1 aromatic carbocycles. The Hall–Kier alpha value is -2.20. The van der Waals surface area contributed by atoms with Crippen LogP contribution in [0.25, 0.3) is 0 Å². The third kappa shape index (κ3) is 3.63. The van der Waals surface area contributed by atoms with E-state index in [1.54, 1.807) is 13.0 Å². The first kappa shape index (κ1) is 19.6. The van der Waals surface area contributed by atoms with Gasteiger partial charge in [-0.05, 0) is 49.4 Å². The summed E-state index contributed by atoms with van der Waals surface area (Å²) >= 11 is 7.26. The number of hydrogen-bond donors (Lipinski definition) is 1. The van der Waals surface area contributed by atoms with Crippen molar-refractivity contribution in [2.24, 2.45) is 5.14 Å². The fraction of sp³-hybridized carbons (Fsp3) is 0.176. The first-order chi connectivity index (χ1) is 12.6. The van der Waals surface area contributed by atoms with Crippen LogP contribution in [0.2, 0.25) is 5.02 Å². The van der Waals surface area contributed by atoms with Crippen LogP contribution >= 0.6 is 22.9 Å². The van der Waals surface area contributed by atoms with Crippen LogP contribution in [0.15, 0.2) is 39.1 Å². The van der Waals surface area contributed by atoms with Crippen molar-refractivity contribution in [2.45, 2.75) is 25.7 Å². The molecule has 27 heavy (non-hydrogen) atoms. The van der Waals surface area contributed by atoms with Gasteiger partial charge in [0.1, 0.15) is 20.5 Å². The van der Waals surface area contributed by atoms with Crippen molar-refractivity contribution in [1.82, 2.24) is 5.16 Å². The summed E-state index contributed by atoms with van der Waals surface area (Å²) in [6.45, 7) is 5.34. The van der Waals surface area contributed by atoms with Crippen molar-refractivity contribution in [3.05, 3.63) is 56.4 Å². The highest BCUT2D eigenvalue weighted by Gasteiger charge is 2.32. The van der Waals surface area contributed by atoms with Crippen LogP contribution in [0, 0.1) is 20.8 Å². The molecule has 0 fully saturated rings. The van der Waals surface area contributed by atoms with E-state index in [0.29, 0.717) is 11.4 Å². The van der Waals surface area contributed by atoms with Gasteiger partial charge in [0.2, 0.25) is 10.0 Å². The molecule has 3 rings (SSSR count). The Labute approximate surface area is 165 Å². The van der Waals surface area contributed by atoms with E-state index in [4.69, 9.17) is 21.3 Å². The van der Waals surface area contributed by atoms with E-state index >= 15 is 0 Å². The van der Waals surface area contributed by atoms with Crippen molar-refractivity contribution < 1.29 is 17.7 Å². The summed E-state index contributed by atoms with van der Waals surface area (Å²) in [6, 6.07) is 6.82. The zero-order chi connectivity index (χ0) is 19.9. The Balaban J connectivity index is 2.25. The Morgan fingerprint density at radius 1 is 1.26 bits per heavy atom. The van der Waals surface area contributed by atoms with Gasteiger partial charge in [-0.15, -0.1) is 11.3 Å². The molecule has 0 unspecified atom stereocenters. The number of nitrogens with two attached hydrogens (primary N) is 1. The van der Waals surface area contributed by atoms with E-state index < -0.39 is 15.9 Å². The van der Waals surface area contributed by atoms with Crippen molar-refractivity contribution in [3.8, 4) is 0 Å². The van der Waals surface area contributed by atoms with E-state index in [0.717, 1.165) is 22.5 Å². The quantitative estimate of drug-likeness (QED) is 0.681. The van der Waals surface area contributed by atoms with Gasteiger partial charge < -0.3 is 4.52 Å². The maximum absolute atomic E-state index is 13.4. The molecular weight excluding hydrogens is 410 g/mol. The Morgan fingerprint density at radius 3 is 2.56 bits per heavy atom. The number of rotatable bonds is 4. The van der Waals surface area contributed by atoms with Gasteiger partial charge in [-0.2, -0.15) is 0 Å². The van der Waals surface area contributed by atoms with Gasteiger partial charge in [-0.3, -0.25) is 4.79 Å². The second kappa shape index (κ2) is 7.08. The zero-order valence-electron chi connectivity index (χ0n) is 14.7. The third-order valence-corrected chi connectivity index (χ3v) is 6.34. The zero-order valence-corrected chi connectivity index (χ0v) is 17.1. The second-order valence-electron chi connectivity index (χ2n) is 5.98. The van der Waals surface area contributed by atoms with Crippen molar-refractivity contribution >= 4 is 50.4 Å². The molecule has 0 radical (unpaired) electrons. The molecule has 0 spiro atoms. The number of anilines is 2. The molecule has 0 aliphatic heterocycles. The number of primary sulfonamides is 1. The molecule has 2 N–H and O–H groups in total. The normalized spacial score (nSPS) is 11.6. The van der Waals surface area contributed by atoms with Gasteiger partial charge in [-0.1, -0.05) is 28.9 Å². The highest BCUT2D eigenvalue weighted by molar-refractivity contribution is 7.89. The van der Waals surface area contributed by atoms with Gasteiger partial charge in [0, 0.05) is 0 Å². The summed E-state index contributed by atoms with van der Waals surface area (Å²) in [5, 5.41) is 10.7. The van der Waals surface area contributed by atoms with Crippen LogP contribution in [0.5, 0.6) is 0 Å². The van der Waals surface area contributed by atoms with Crippen LogP contribution < -0.4 is 10.0 Å². The summed E-state index contributed by atoms with van der Waals surface area (Å²) in [5.74, 6) is -0.609. The molecule has 0 aliphatic rings. The standard InChI is InChI=1S/C17H16ClN3O4S2/c1-9-4-5-10(2)12(8-9)21(17-14(18)11(3)20-25-17)16(22)15-13(6-7-26-15)27(19,23)24/h4-8H,1-3H3,(H2,19,23,24). The second-order valence-corrected chi connectivity index (χ2v) is 8.80. The van der Waals surface area contributed by atoms with E-state index in [-0.39, 0.29) is 20.7 Å². The van der Waals surface area contributed by atoms with E-state index in [1.807, 2.05) is 26.0 Å². The average Bonchev–Trinajstić information content (AvgIpc) is 3.20. The van der Waals surface area contributed by atoms with Crippen molar-refractivity contribution in [3.63, 3.8) is 0 Å². The lowest BCUT2D eigenvalue weighted by Crippen LogP contribution is -2.28. The van der Waals surface area contributed by atoms with Crippen LogP contribution in [0.1, 0.15) is 26.5 Å². The Morgan fingerprint density at radius 2 is 1.96 bits per heavy atom. The predicted octanol–water partition coefficient (Wildman–Crippen LogP) is 3.94. The molecule has 0 saturated carbocycles. The summed E-state index contributed by atoms with van der Waals surface area (Å²) in [7, 11) is -4.07. The molecule has 3 aromatic rings. The van der Waals surface area contributed by atoms with Gasteiger partial charge in [0.05, 0.1) is 5.69 Å². The number of nitrogens with zero attached hydrogens (tertiary/aromatic N) is 2. The van der Waals surface area contributed by atoms with E-state index in [1.165, 1.54) is 16.3 Å². The molecule has 142 valence electrons. The maximum atomic E-state index is 13.4. The average molecular weight is 426 g/mol. The smallest absolute Gasteiger partial charge is 0.276 e. The molecule has 0 bridgehead atoms. The lowest BCUT2D eigenvalue weighted by molar-refractivity contribution is 0.0995. The number of aryl methyl sites for hydroxylation is 3. The summed E-state index contributed by atoms with van der Waals surface area (Å²) in [5.41, 5.74) is 2.59. The van der Waals surface area contributed by atoms with Crippen LogP contribution in [-0.4, -0.2) is 19.5 Å². The topological polar surface area (TPSA) is 106 Å². The Kier molecular flexibility index (Phi) is 5.13. The third-order valence-electron chi connectivity index (χ3n) is 3.92. The summed E-state index contributed by atoms with van der Waals surface area (Å²) in [6.07, 6.45) is 0. The maximum Gasteiger partial charge on any atom is 0.276 e. The largest absolute Gasteiger partial charge is 0.336 e. The van der Waals surface area contributed by atoms with Gasteiger partial charge in [-0.25, -0.2) is 18.5 Å². The Bertz CT molecular complexity index is 1140. The van der Waals surface area contributed by atoms with E-state index in [2.05, 4.69) is 5.16 Å². The van der Waals surface area contributed by atoms with Gasteiger partial charge >= 0.3 is 0 Å². The number of carbonyl (C=O) groups is 1. The molecule has 2 heterocycles. The van der Waals surface area contributed by atoms with E-state index in [9.17, 15) is 13.2 Å².